The Balaban J connectivity index is 0.000000720. The van der Waals surface area contributed by atoms with Gasteiger partial charge in [0.2, 0.25) is 0 Å². The molecule has 0 heterocycles. The van der Waals surface area contributed by atoms with E-state index in [-0.39, 0.29) is 17.0 Å². The van der Waals surface area contributed by atoms with Gasteiger partial charge in [-0.3, -0.25) is 0 Å². The summed E-state index contributed by atoms with van der Waals surface area (Å²) in [4.78, 5) is 0. The van der Waals surface area contributed by atoms with E-state index in [1.165, 1.54) is 12.8 Å². The van der Waals surface area contributed by atoms with Crippen molar-refractivity contribution in [3.63, 3.8) is 0 Å². The Hall–Kier alpha value is -0.0800. The highest BCUT2D eigenvalue weighted by molar-refractivity contribution is 5.10. The molecule has 0 spiro atoms. The summed E-state index contributed by atoms with van der Waals surface area (Å²) in [7, 11) is 0. The van der Waals surface area contributed by atoms with Gasteiger partial charge in [0.05, 0.1) is 6.10 Å². The van der Waals surface area contributed by atoms with Crippen molar-refractivity contribution in [2.24, 2.45) is 16.7 Å². The first-order chi connectivity index (χ1) is 4.98. The lowest BCUT2D eigenvalue weighted by Gasteiger charge is -2.36. The molecule has 2 nitrogen and oxygen atoms in total. The van der Waals surface area contributed by atoms with Gasteiger partial charge in [-0.25, -0.2) is 0 Å². The Morgan fingerprint density at radius 1 is 1.25 bits per heavy atom. The van der Waals surface area contributed by atoms with Crippen molar-refractivity contribution >= 4 is 0 Å². The monoisotopic (exact) mass is 172 g/mol. The van der Waals surface area contributed by atoms with Crippen molar-refractivity contribution in [1.82, 2.24) is 0 Å². The Morgan fingerprint density at radius 3 is 2.00 bits per heavy atom. The summed E-state index contributed by atoms with van der Waals surface area (Å²) in [5, 5.41) is 9.81. The molecule has 0 saturated heterocycles. The average Bonchev–Trinajstić information content (AvgIpc) is 2.20. The zero-order valence-electron chi connectivity index (χ0n) is 8.22. The standard InChI is InChI=1S/C10H18O.H2O/c1-9(2)7-4-5-10(9,3)8(11)6-7;/h7-8,11H,4-6H2,1-3H3;1H2/t7-,8+,10+;/m1./s1. The number of rotatable bonds is 0. The van der Waals surface area contributed by atoms with Gasteiger partial charge in [0.1, 0.15) is 0 Å². The van der Waals surface area contributed by atoms with Gasteiger partial charge >= 0.3 is 0 Å². The van der Waals surface area contributed by atoms with Crippen LogP contribution in [0, 0.1) is 16.7 Å². The molecule has 72 valence electrons. The molecule has 2 rings (SSSR count). The topological polar surface area (TPSA) is 51.7 Å². The first-order valence-electron chi connectivity index (χ1n) is 4.66. The smallest absolute Gasteiger partial charge is 0.0601 e. The summed E-state index contributed by atoms with van der Waals surface area (Å²) in [5.74, 6) is 0.780. The van der Waals surface area contributed by atoms with Crippen LogP contribution >= 0.6 is 0 Å². The molecule has 2 bridgehead atoms. The van der Waals surface area contributed by atoms with Crippen LogP contribution in [0.25, 0.3) is 0 Å². The SMILES string of the molecule is CC1(C)[C@@H]2CC[C@@]1(C)[C@@H](O)C2.O. The van der Waals surface area contributed by atoms with E-state index in [1.807, 2.05) is 0 Å². The van der Waals surface area contributed by atoms with E-state index >= 15 is 0 Å². The number of hydrogen-bond donors (Lipinski definition) is 1. The van der Waals surface area contributed by atoms with Crippen LogP contribution < -0.4 is 0 Å². The third-order valence-electron chi connectivity index (χ3n) is 4.75. The van der Waals surface area contributed by atoms with E-state index in [2.05, 4.69) is 20.8 Å². The molecule has 2 aliphatic carbocycles. The van der Waals surface area contributed by atoms with E-state index in [1.54, 1.807) is 0 Å². The number of aliphatic hydroxyl groups excluding tert-OH is 1. The second-order valence-electron chi connectivity index (χ2n) is 5.13. The summed E-state index contributed by atoms with van der Waals surface area (Å²) in [6.07, 6.45) is 3.58. The van der Waals surface area contributed by atoms with Gasteiger partial charge in [0, 0.05) is 0 Å². The molecule has 0 aromatic carbocycles. The number of fused-ring (bicyclic) bond motifs is 2. The van der Waals surface area contributed by atoms with Crippen molar-refractivity contribution < 1.29 is 10.6 Å². The molecule has 2 saturated carbocycles. The lowest BCUT2D eigenvalue weighted by Crippen LogP contribution is -2.35. The third-order valence-corrected chi connectivity index (χ3v) is 4.75. The minimum absolute atomic E-state index is 0. The maximum atomic E-state index is 9.81. The summed E-state index contributed by atoms with van der Waals surface area (Å²) in [5.41, 5.74) is 0.601. The molecule has 0 unspecified atom stereocenters. The zero-order valence-corrected chi connectivity index (χ0v) is 8.22. The molecule has 0 amide bonds. The van der Waals surface area contributed by atoms with Gasteiger partial charge in [-0.05, 0) is 36.0 Å². The lowest BCUT2D eigenvalue weighted by atomic mass is 9.70. The molecule has 0 aliphatic heterocycles. The van der Waals surface area contributed by atoms with E-state index < -0.39 is 0 Å². The molecule has 2 fully saturated rings. The Labute approximate surface area is 74.3 Å². The van der Waals surface area contributed by atoms with Gasteiger partial charge in [-0.15, -0.1) is 0 Å². The molecule has 3 N–H and O–H groups in total. The fraction of sp³-hybridized carbons (Fsp3) is 1.00. The van der Waals surface area contributed by atoms with Crippen LogP contribution in [0.4, 0.5) is 0 Å². The van der Waals surface area contributed by atoms with Crippen molar-refractivity contribution in [1.29, 1.82) is 0 Å². The minimum atomic E-state index is -0.0313. The zero-order chi connectivity index (χ0) is 8.28. The maximum Gasteiger partial charge on any atom is 0.0601 e. The van der Waals surface area contributed by atoms with E-state index in [0.29, 0.717) is 5.41 Å². The van der Waals surface area contributed by atoms with Crippen LogP contribution in [0.5, 0.6) is 0 Å². The highest BCUT2D eigenvalue weighted by Gasteiger charge is 2.60. The van der Waals surface area contributed by atoms with Crippen LogP contribution in [0.1, 0.15) is 40.0 Å². The predicted molar refractivity (Wildman–Crippen MR) is 48.8 cm³/mol. The fourth-order valence-electron chi connectivity index (χ4n) is 3.16. The molecule has 12 heavy (non-hydrogen) atoms. The van der Waals surface area contributed by atoms with Gasteiger partial charge in [0.15, 0.2) is 0 Å². The second-order valence-corrected chi connectivity index (χ2v) is 5.13. The summed E-state index contributed by atoms with van der Waals surface area (Å²) < 4.78 is 0. The summed E-state index contributed by atoms with van der Waals surface area (Å²) >= 11 is 0. The van der Waals surface area contributed by atoms with Crippen LogP contribution in [0.2, 0.25) is 0 Å². The van der Waals surface area contributed by atoms with Crippen molar-refractivity contribution in [2.75, 3.05) is 0 Å². The molecule has 3 atom stereocenters. The quantitative estimate of drug-likeness (QED) is 0.589. The highest BCUT2D eigenvalue weighted by atomic mass is 16.3. The lowest BCUT2D eigenvalue weighted by molar-refractivity contribution is 0.0126. The van der Waals surface area contributed by atoms with Crippen LogP contribution in [0.15, 0.2) is 0 Å². The molecule has 2 heteroatoms. The van der Waals surface area contributed by atoms with Crippen LogP contribution in [0.3, 0.4) is 0 Å². The molecular weight excluding hydrogens is 152 g/mol. The normalized spacial score (nSPS) is 49.0. The molecule has 0 aromatic rings. The average molecular weight is 172 g/mol. The predicted octanol–water partition coefficient (Wildman–Crippen LogP) is 1.37. The maximum absolute atomic E-state index is 9.81. The third kappa shape index (κ3) is 0.826. The van der Waals surface area contributed by atoms with Gasteiger partial charge in [-0.1, -0.05) is 20.8 Å². The molecular formula is C10H20O2. The van der Waals surface area contributed by atoms with E-state index in [4.69, 9.17) is 0 Å². The Morgan fingerprint density at radius 2 is 1.83 bits per heavy atom. The second kappa shape index (κ2) is 2.46. The number of hydrogen-bond acceptors (Lipinski definition) is 1. The molecule has 0 radical (unpaired) electrons. The summed E-state index contributed by atoms with van der Waals surface area (Å²) in [6.45, 7) is 6.90. The van der Waals surface area contributed by atoms with Crippen molar-refractivity contribution in [2.45, 2.75) is 46.1 Å². The largest absolute Gasteiger partial charge is 0.412 e. The number of aliphatic hydroxyl groups is 1. The fourth-order valence-corrected chi connectivity index (χ4v) is 3.16. The highest BCUT2D eigenvalue weighted by Crippen LogP contribution is 2.65. The van der Waals surface area contributed by atoms with E-state index in [0.717, 1.165) is 12.3 Å². The Bertz CT molecular complexity index is 188. The van der Waals surface area contributed by atoms with Gasteiger partial charge < -0.3 is 10.6 Å². The van der Waals surface area contributed by atoms with Gasteiger partial charge in [0.25, 0.3) is 0 Å². The first kappa shape index (κ1) is 10.0. The Kier molecular flexibility index (Phi) is 2.05. The minimum Gasteiger partial charge on any atom is -0.412 e. The van der Waals surface area contributed by atoms with Crippen LogP contribution in [-0.2, 0) is 0 Å². The van der Waals surface area contributed by atoms with Gasteiger partial charge in [-0.2, -0.15) is 0 Å². The molecule has 2 aliphatic rings. The molecule has 0 aromatic heterocycles. The summed E-state index contributed by atoms with van der Waals surface area (Å²) in [6, 6.07) is 0. The van der Waals surface area contributed by atoms with Crippen LogP contribution in [-0.4, -0.2) is 16.7 Å². The van der Waals surface area contributed by atoms with Crippen molar-refractivity contribution in [3.05, 3.63) is 0 Å². The first-order valence-corrected chi connectivity index (χ1v) is 4.66. The van der Waals surface area contributed by atoms with E-state index in [9.17, 15) is 5.11 Å². The van der Waals surface area contributed by atoms with Crippen molar-refractivity contribution in [3.8, 4) is 0 Å².